The lowest BCUT2D eigenvalue weighted by molar-refractivity contribution is -0.185. The highest BCUT2D eigenvalue weighted by molar-refractivity contribution is 5.49. The first kappa shape index (κ1) is 18.5. The lowest BCUT2D eigenvalue weighted by atomic mass is 9.89. The monoisotopic (exact) mass is 306 g/mol. The molecule has 0 aromatic rings. The third-order valence-electron chi connectivity index (χ3n) is 4.02. The summed E-state index contributed by atoms with van der Waals surface area (Å²) in [5.41, 5.74) is 0. The first-order valence-corrected chi connectivity index (χ1v) is 7.28. The van der Waals surface area contributed by atoms with E-state index in [9.17, 15) is 20.1 Å². The summed E-state index contributed by atoms with van der Waals surface area (Å²) in [4.78, 5) is 10.5. The van der Waals surface area contributed by atoms with E-state index in [-0.39, 0.29) is 32.0 Å². The van der Waals surface area contributed by atoms with Crippen LogP contribution in [0.1, 0.15) is 25.7 Å². The maximum Gasteiger partial charge on any atom is 0.162 e. The minimum atomic E-state index is -0.854. The number of aliphatic hydroxyl groups excluding tert-OH is 4. The van der Waals surface area contributed by atoms with E-state index in [4.69, 9.17) is 14.6 Å². The zero-order chi connectivity index (χ0) is 15.8. The van der Waals surface area contributed by atoms with E-state index in [0.717, 1.165) is 6.29 Å². The number of carbonyl (C=O) groups excluding carboxylic acids is 1. The van der Waals surface area contributed by atoms with Crippen LogP contribution in [0.4, 0.5) is 0 Å². The van der Waals surface area contributed by atoms with Gasteiger partial charge in [-0.15, -0.1) is 0 Å². The number of aldehydes is 1. The number of hydrogen-bond acceptors (Lipinski definition) is 7. The lowest BCUT2D eigenvalue weighted by Crippen LogP contribution is -2.37. The predicted molar refractivity (Wildman–Crippen MR) is 73.4 cm³/mol. The third kappa shape index (κ3) is 5.28. The summed E-state index contributed by atoms with van der Waals surface area (Å²) in [6.45, 7) is -0.173. The smallest absolute Gasteiger partial charge is 0.162 e. The van der Waals surface area contributed by atoms with Crippen molar-refractivity contribution in [3.63, 3.8) is 0 Å². The van der Waals surface area contributed by atoms with Crippen molar-refractivity contribution >= 4 is 6.29 Å². The molecule has 0 bridgehead atoms. The van der Waals surface area contributed by atoms with Gasteiger partial charge in [0, 0.05) is 19.4 Å². The van der Waals surface area contributed by atoms with Crippen LogP contribution in [0, 0.1) is 11.8 Å². The van der Waals surface area contributed by atoms with E-state index in [2.05, 4.69) is 0 Å². The van der Waals surface area contributed by atoms with Gasteiger partial charge < -0.3 is 34.7 Å². The minimum Gasteiger partial charge on any atom is -0.394 e. The van der Waals surface area contributed by atoms with Gasteiger partial charge in [-0.2, -0.15) is 0 Å². The van der Waals surface area contributed by atoms with Crippen molar-refractivity contribution in [3.8, 4) is 0 Å². The normalized spacial score (nSPS) is 32.0. The topological polar surface area (TPSA) is 116 Å². The summed E-state index contributed by atoms with van der Waals surface area (Å²) < 4.78 is 10.8. The summed E-state index contributed by atoms with van der Waals surface area (Å²) in [7, 11) is 1.45. The highest BCUT2D eigenvalue weighted by Gasteiger charge is 2.46. The third-order valence-corrected chi connectivity index (χ3v) is 4.02. The maximum absolute atomic E-state index is 10.5. The number of carbonyl (C=O) groups is 1. The molecule has 7 heteroatoms. The van der Waals surface area contributed by atoms with Crippen molar-refractivity contribution < 1.29 is 34.7 Å². The Morgan fingerprint density at radius 2 is 2.05 bits per heavy atom. The molecule has 1 saturated carbocycles. The number of rotatable bonds is 10. The molecule has 21 heavy (non-hydrogen) atoms. The van der Waals surface area contributed by atoms with Gasteiger partial charge in [0.05, 0.1) is 31.5 Å². The zero-order valence-electron chi connectivity index (χ0n) is 12.3. The Labute approximate surface area is 124 Å². The lowest BCUT2D eigenvalue weighted by Gasteiger charge is -2.30. The molecule has 1 aliphatic carbocycles. The van der Waals surface area contributed by atoms with Gasteiger partial charge in [0.2, 0.25) is 0 Å². The molecular weight excluding hydrogens is 280 g/mol. The second-order valence-electron chi connectivity index (χ2n) is 5.46. The summed E-state index contributed by atoms with van der Waals surface area (Å²) in [5, 5.41) is 38.1. The highest BCUT2D eigenvalue weighted by Crippen LogP contribution is 2.39. The van der Waals surface area contributed by atoms with Crippen molar-refractivity contribution in [1.29, 1.82) is 0 Å². The molecule has 0 radical (unpaired) electrons. The van der Waals surface area contributed by atoms with Crippen LogP contribution < -0.4 is 0 Å². The minimum absolute atomic E-state index is 0.167. The molecule has 0 amide bonds. The quantitative estimate of drug-likeness (QED) is 0.304. The summed E-state index contributed by atoms with van der Waals surface area (Å²) >= 11 is 0. The molecule has 1 aliphatic rings. The fourth-order valence-corrected chi connectivity index (χ4v) is 2.90. The molecule has 1 rings (SSSR count). The largest absolute Gasteiger partial charge is 0.394 e. The second kappa shape index (κ2) is 9.45. The molecule has 7 nitrogen and oxygen atoms in total. The van der Waals surface area contributed by atoms with Gasteiger partial charge in [-0.05, 0) is 25.2 Å². The van der Waals surface area contributed by atoms with Crippen LogP contribution in [-0.2, 0) is 14.3 Å². The van der Waals surface area contributed by atoms with Gasteiger partial charge in [0.1, 0.15) is 6.29 Å². The molecule has 0 heterocycles. The Bertz CT molecular complexity index is 299. The van der Waals surface area contributed by atoms with E-state index in [0.29, 0.717) is 12.8 Å². The average molecular weight is 306 g/mol. The Hall–Kier alpha value is -0.570. The van der Waals surface area contributed by atoms with E-state index in [1.54, 1.807) is 0 Å². The molecule has 1 unspecified atom stereocenters. The Balaban J connectivity index is 2.60. The maximum atomic E-state index is 10.5. The molecule has 0 saturated heterocycles. The zero-order valence-corrected chi connectivity index (χ0v) is 12.3. The van der Waals surface area contributed by atoms with Crippen LogP contribution in [0.15, 0.2) is 0 Å². The summed E-state index contributed by atoms with van der Waals surface area (Å²) in [6.07, 6.45) is -0.975. The van der Waals surface area contributed by atoms with Crippen molar-refractivity contribution in [2.75, 3.05) is 20.3 Å². The Morgan fingerprint density at radius 1 is 1.33 bits per heavy atom. The molecule has 124 valence electrons. The Kier molecular flexibility index (Phi) is 8.31. The second-order valence-corrected chi connectivity index (χ2v) is 5.46. The number of ether oxygens (including phenoxy) is 2. The molecule has 0 aromatic heterocycles. The van der Waals surface area contributed by atoms with Gasteiger partial charge in [-0.25, -0.2) is 0 Å². The molecule has 4 N–H and O–H groups in total. The van der Waals surface area contributed by atoms with Crippen molar-refractivity contribution in [2.24, 2.45) is 11.8 Å². The van der Waals surface area contributed by atoms with Crippen molar-refractivity contribution in [2.45, 2.75) is 50.3 Å². The number of hydrogen-bond donors (Lipinski definition) is 4. The van der Waals surface area contributed by atoms with Crippen LogP contribution in [0.5, 0.6) is 0 Å². The molecule has 0 aliphatic heterocycles. The predicted octanol–water partition coefficient (Wildman–Crippen LogP) is -0.944. The van der Waals surface area contributed by atoms with E-state index in [1.165, 1.54) is 7.11 Å². The van der Waals surface area contributed by atoms with Crippen LogP contribution >= 0.6 is 0 Å². The van der Waals surface area contributed by atoms with E-state index in [1.807, 2.05) is 0 Å². The first-order valence-electron chi connectivity index (χ1n) is 7.28. The Morgan fingerprint density at radius 3 is 2.62 bits per heavy atom. The van der Waals surface area contributed by atoms with E-state index < -0.39 is 30.5 Å². The molecule has 0 spiro atoms. The molecular formula is C14H26O7. The van der Waals surface area contributed by atoms with Gasteiger partial charge in [0.15, 0.2) is 6.29 Å². The van der Waals surface area contributed by atoms with Crippen LogP contribution in [0.25, 0.3) is 0 Å². The van der Waals surface area contributed by atoms with Gasteiger partial charge >= 0.3 is 0 Å². The standard InChI is InChI=1S/C14H26O7/c1-20-14(21-6-4-9(17)8-16)13-10(3-2-5-15)11(18)7-12(13)19/h5,9-14,16-19H,2-4,6-8H2,1H3/t9?,10-,11-,12+,13+,14-/m1/s1. The summed E-state index contributed by atoms with van der Waals surface area (Å²) in [6, 6.07) is 0. The van der Waals surface area contributed by atoms with Crippen LogP contribution in [0.2, 0.25) is 0 Å². The van der Waals surface area contributed by atoms with Crippen molar-refractivity contribution in [3.05, 3.63) is 0 Å². The van der Waals surface area contributed by atoms with E-state index >= 15 is 0 Å². The molecule has 6 atom stereocenters. The first-order chi connectivity index (χ1) is 10.0. The number of aliphatic hydroxyl groups is 4. The van der Waals surface area contributed by atoms with Gasteiger partial charge in [-0.1, -0.05) is 0 Å². The summed E-state index contributed by atoms with van der Waals surface area (Å²) in [5.74, 6) is -0.686. The van der Waals surface area contributed by atoms with Gasteiger partial charge in [0.25, 0.3) is 0 Å². The highest BCUT2D eigenvalue weighted by atomic mass is 16.7. The average Bonchev–Trinajstić information content (AvgIpc) is 2.75. The fourth-order valence-electron chi connectivity index (χ4n) is 2.90. The van der Waals surface area contributed by atoms with Crippen LogP contribution in [0.3, 0.4) is 0 Å². The fraction of sp³-hybridized carbons (Fsp3) is 0.929. The van der Waals surface area contributed by atoms with Crippen molar-refractivity contribution in [1.82, 2.24) is 0 Å². The number of methoxy groups -OCH3 is 1. The molecule has 0 aromatic carbocycles. The van der Waals surface area contributed by atoms with Crippen LogP contribution in [-0.4, -0.2) is 71.6 Å². The van der Waals surface area contributed by atoms with Gasteiger partial charge in [-0.3, -0.25) is 0 Å². The SMILES string of the molecule is CO[C@H](OCCC(O)CO)[C@H]1[C@H](CCC=O)[C@H](O)C[C@@H]1O. The molecule has 1 fully saturated rings.